The van der Waals surface area contributed by atoms with Gasteiger partial charge in [-0.3, -0.25) is 9.36 Å². The van der Waals surface area contributed by atoms with E-state index < -0.39 is 80.1 Å². The summed E-state index contributed by atoms with van der Waals surface area (Å²) >= 11 is 5.50. The molecule has 2 saturated heterocycles. The third kappa shape index (κ3) is 12.9. The third-order valence-electron chi connectivity index (χ3n) is 10.3. The molecule has 0 saturated carbocycles. The van der Waals surface area contributed by atoms with Crippen molar-refractivity contribution < 1.29 is 51.7 Å². The van der Waals surface area contributed by atoms with E-state index in [1.165, 1.54) is 30.9 Å². The fourth-order valence-electron chi connectivity index (χ4n) is 6.62. The Morgan fingerprint density at radius 3 is 1.38 bits per heavy atom. The molecule has 13 nitrogen and oxygen atoms in total. The van der Waals surface area contributed by atoms with E-state index in [9.17, 15) is 33.2 Å². The lowest BCUT2D eigenvalue weighted by molar-refractivity contribution is -0.114. The molecular weight excluding hydrogens is 961 g/mol. The van der Waals surface area contributed by atoms with Crippen molar-refractivity contribution >= 4 is 75.1 Å². The van der Waals surface area contributed by atoms with E-state index in [0.29, 0.717) is 16.7 Å². The van der Waals surface area contributed by atoms with E-state index >= 15 is 4.39 Å². The average molecular weight is 1010 g/mol. The first kappa shape index (κ1) is 49.6. The van der Waals surface area contributed by atoms with Gasteiger partial charge < -0.3 is 24.3 Å². The largest absolute Gasteiger partial charge is 0.461 e. The van der Waals surface area contributed by atoms with Crippen molar-refractivity contribution in [1.29, 1.82) is 0 Å². The number of aryl methyl sites for hydroxylation is 4. The predicted molar refractivity (Wildman–Crippen MR) is 251 cm³/mol. The van der Waals surface area contributed by atoms with Gasteiger partial charge in [0, 0.05) is 13.1 Å². The molecule has 2 aliphatic rings. The van der Waals surface area contributed by atoms with Crippen molar-refractivity contribution in [1.82, 2.24) is 9.55 Å². The second-order valence-corrected chi connectivity index (χ2v) is 19.9. The van der Waals surface area contributed by atoms with Crippen LogP contribution in [0.1, 0.15) is 76.0 Å². The number of ether oxygens (including phenoxy) is 4. The maximum absolute atomic E-state index is 15.8. The number of benzene rings is 4. The predicted octanol–water partition coefficient (Wildman–Crippen LogP) is 8.71. The Balaban J connectivity index is 0.000000229. The standard InChI is InChI=1S/C27H26FN3O6S.C21H20BrFO4S/c1-15-4-8-18(9-5-15)25(33)36-14-20-23(37-26(34)19-10-6-16(2)7-11-19)22(28)24(38-20)31-13-12-21(29-17(3)32)30-27(31)35;1-12-3-7-14(8-4-12)20(24)26-11-16-18(17(23)19(22)28-16)27-21(25)15-9-5-13(2)6-10-15/h4-13,20,22-24H,14H2,1-3H3,(H,29,30,32,35);3-10,16-19H,11H2,1-2H3/t20-,22+,23-,24-;16-,17+,18-,19+/m11/s1. The van der Waals surface area contributed by atoms with Crippen molar-refractivity contribution in [3.8, 4) is 0 Å². The monoisotopic (exact) mass is 1010 g/mol. The zero-order chi connectivity index (χ0) is 47.7. The van der Waals surface area contributed by atoms with Gasteiger partial charge in [0.25, 0.3) is 0 Å². The summed E-state index contributed by atoms with van der Waals surface area (Å²) in [6.45, 7) is 8.55. The molecule has 8 atom stereocenters. The number of halogens is 3. The summed E-state index contributed by atoms with van der Waals surface area (Å²) in [5, 5.41) is -0.0114. The molecule has 7 rings (SSSR count). The molecule has 18 heteroatoms. The Hall–Kier alpha value is -5.85. The molecule has 0 radical (unpaired) electrons. The van der Waals surface area contributed by atoms with E-state index in [2.05, 4.69) is 26.2 Å². The average Bonchev–Trinajstić information content (AvgIpc) is 3.74. The smallest absolute Gasteiger partial charge is 0.350 e. The topological polar surface area (TPSA) is 169 Å². The number of carbonyl (C=O) groups is 5. The summed E-state index contributed by atoms with van der Waals surface area (Å²) in [4.78, 5) is 77.7. The van der Waals surface area contributed by atoms with Crippen molar-refractivity contribution in [3.05, 3.63) is 164 Å². The summed E-state index contributed by atoms with van der Waals surface area (Å²) in [6, 6.07) is 28.6. The minimum atomic E-state index is -1.82. The number of carbonyl (C=O) groups excluding carboxylic acids is 5. The highest BCUT2D eigenvalue weighted by Gasteiger charge is 2.49. The van der Waals surface area contributed by atoms with Crippen LogP contribution in [0.4, 0.5) is 14.6 Å². The van der Waals surface area contributed by atoms with Crippen molar-refractivity contribution in [2.45, 2.75) is 79.2 Å². The molecule has 1 aromatic heterocycles. The van der Waals surface area contributed by atoms with E-state index in [-0.39, 0.29) is 24.6 Å². The van der Waals surface area contributed by atoms with Crippen LogP contribution < -0.4 is 11.0 Å². The van der Waals surface area contributed by atoms with Crippen LogP contribution in [0, 0.1) is 27.7 Å². The number of amides is 1. The zero-order valence-corrected chi connectivity index (χ0v) is 39.6. The summed E-state index contributed by atoms with van der Waals surface area (Å²) < 4.78 is 52.7. The molecule has 3 heterocycles. The van der Waals surface area contributed by atoms with Gasteiger partial charge in [-0.15, -0.1) is 23.5 Å². The molecule has 0 spiro atoms. The molecular formula is C48H46BrF2N3O10S2. The number of anilines is 1. The van der Waals surface area contributed by atoms with Gasteiger partial charge >= 0.3 is 29.6 Å². The van der Waals surface area contributed by atoms with Crippen LogP contribution in [0.2, 0.25) is 0 Å². The van der Waals surface area contributed by atoms with E-state index in [1.807, 2.05) is 39.8 Å². The second kappa shape index (κ2) is 22.6. The molecule has 4 aromatic carbocycles. The van der Waals surface area contributed by atoms with Gasteiger partial charge in [-0.1, -0.05) is 86.7 Å². The van der Waals surface area contributed by atoms with E-state index in [0.717, 1.165) is 38.6 Å². The maximum Gasteiger partial charge on any atom is 0.350 e. The number of hydrogen-bond donors (Lipinski definition) is 1. The van der Waals surface area contributed by atoms with Crippen LogP contribution in [0.3, 0.4) is 0 Å². The number of esters is 4. The Morgan fingerprint density at radius 2 is 0.985 bits per heavy atom. The highest BCUT2D eigenvalue weighted by atomic mass is 79.9. The van der Waals surface area contributed by atoms with Crippen LogP contribution in [0.5, 0.6) is 0 Å². The first-order valence-corrected chi connectivity index (χ1v) is 23.4. The first-order valence-electron chi connectivity index (χ1n) is 20.6. The number of hydrogen-bond acceptors (Lipinski definition) is 13. The Labute approximate surface area is 396 Å². The number of aromatic nitrogens is 2. The fraction of sp³-hybridized carbons (Fsp3) is 0.312. The van der Waals surface area contributed by atoms with Crippen LogP contribution in [-0.2, 0) is 23.7 Å². The second-order valence-electron chi connectivity index (χ2n) is 15.6. The van der Waals surface area contributed by atoms with E-state index in [1.54, 1.807) is 84.9 Å². The Kier molecular flexibility index (Phi) is 17.0. The molecule has 2 fully saturated rings. The Bertz CT molecular complexity index is 2580. The normalized spacial score (nSPS) is 22.0. The van der Waals surface area contributed by atoms with Gasteiger partial charge in [-0.2, -0.15) is 4.98 Å². The molecule has 66 heavy (non-hydrogen) atoms. The summed E-state index contributed by atoms with van der Waals surface area (Å²) in [5.74, 6) is -2.80. The number of rotatable bonds is 12. The maximum atomic E-state index is 15.8. The lowest BCUT2D eigenvalue weighted by Crippen LogP contribution is -2.37. The van der Waals surface area contributed by atoms with Gasteiger partial charge in [-0.25, -0.2) is 32.8 Å². The van der Waals surface area contributed by atoms with Crippen molar-refractivity contribution in [3.63, 3.8) is 0 Å². The SMILES string of the molecule is CC(=O)Nc1ccn([C@@H]2S[C@H](COC(=O)c3ccc(C)cc3)[C@@H](OC(=O)c3ccc(C)cc3)[C@@H]2F)c(=O)n1.Cc1ccc(C(=O)OC[C@H]2S[C@H](Br)[C@@H](F)[C@@H]2OC(=O)c2ccc(C)cc2)cc1. The number of alkyl halides is 3. The number of nitrogens with zero attached hydrogens (tertiary/aromatic N) is 2. The van der Waals surface area contributed by atoms with Gasteiger partial charge in [0.1, 0.15) is 24.4 Å². The van der Waals surface area contributed by atoms with Crippen LogP contribution in [0.15, 0.2) is 114 Å². The third-order valence-corrected chi connectivity index (χ3v) is 14.2. The summed E-state index contributed by atoms with van der Waals surface area (Å²) in [6.07, 6.45) is -4.23. The summed E-state index contributed by atoms with van der Waals surface area (Å²) in [7, 11) is 0. The Morgan fingerprint density at radius 1 is 0.606 bits per heavy atom. The van der Waals surface area contributed by atoms with Gasteiger partial charge in [0.15, 0.2) is 24.6 Å². The number of nitrogens with one attached hydrogen (secondary N) is 1. The van der Waals surface area contributed by atoms with Crippen molar-refractivity contribution in [2.75, 3.05) is 18.5 Å². The molecule has 0 bridgehead atoms. The highest BCUT2D eigenvalue weighted by Crippen LogP contribution is 2.45. The minimum absolute atomic E-state index is 0.0306. The molecule has 1 amide bonds. The van der Waals surface area contributed by atoms with Crippen LogP contribution in [0.25, 0.3) is 0 Å². The van der Waals surface area contributed by atoms with Crippen molar-refractivity contribution in [2.24, 2.45) is 0 Å². The van der Waals surface area contributed by atoms with Gasteiger partial charge in [-0.05, 0) is 82.3 Å². The molecule has 0 unspecified atom stereocenters. The lowest BCUT2D eigenvalue weighted by Gasteiger charge is -2.21. The first-order chi connectivity index (χ1) is 31.5. The fourth-order valence-corrected chi connectivity index (χ4v) is 10.4. The molecule has 1 N–H and O–H groups in total. The minimum Gasteiger partial charge on any atom is -0.461 e. The zero-order valence-electron chi connectivity index (χ0n) is 36.4. The van der Waals surface area contributed by atoms with Crippen LogP contribution in [-0.4, -0.2) is 91.8 Å². The quantitative estimate of drug-likeness (QED) is 0.0716. The summed E-state index contributed by atoms with van der Waals surface area (Å²) in [5.41, 5.74) is 4.52. The molecule has 0 aliphatic carbocycles. The van der Waals surface area contributed by atoms with Gasteiger partial charge in [0.2, 0.25) is 5.91 Å². The lowest BCUT2D eigenvalue weighted by atomic mass is 10.1. The number of thioether (sulfide) groups is 2. The van der Waals surface area contributed by atoms with Gasteiger partial charge in [0.05, 0.1) is 36.9 Å². The van der Waals surface area contributed by atoms with Crippen LogP contribution >= 0.6 is 39.5 Å². The van der Waals surface area contributed by atoms with E-state index in [4.69, 9.17) is 18.9 Å². The molecule has 2 aliphatic heterocycles. The molecule has 5 aromatic rings. The molecule has 346 valence electrons. The highest BCUT2D eigenvalue weighted by molar-refractivity contribution is 9.11.